The van der Waals surface area contributed by atoms with Crippen LogP contribution in [0.4, 0.5) is 4.79 Å². The number of cyclic esters (lactones) is 1. The highest BCUT2D eigenvalue weighted by Crippen LogP contribution is 2.46. The van der Waals surface area contributed by atoms with E-state index in [1.54, 1.807) is 29.0 Å². The zero-order valence-corrected chi connectivity index (χ0v) is 23.7. The molecule has 17 nitrogen and oxygen atoms in total. The largest absolute Gasteiger partial charge is 0.496 e. The summed E-state index contributed by atoms with van der Waals surface area (Å²) in [5, 5.41) is 70.9. The molecule has 1 fully saturated rings. The average Bonchev–Trinajstić information content (AvgIpc) is 3.78. The number of fused-ring (bicyclic) bond motifs is 3. The van der Waals surface area contributed by atoms with Crippen molar-refractivity contribution < 1.29 is 54.4 Å². The van der Waals surface area contributed by atoms with Crippen LogP contribution >= 0.6 is 11.3 Å². The Labute approximate surface area is 251 Å². The molecule has 44 heavy (non-hydrogen) atoms. The summed E-state index contributed by atoms with van der Waals surface area (Å²) in [5.41, 5.74) is 2.16. The number of thiophene rings is 1. The summed E-state index contributed by atoms with van der Waals surface area (Å²) in [6, 6.07) is 4.98. The lowest BCUT2D eigenvalue weighted by atomic mass is 9.97. The fraction of sp³-hybridized carbons (Fsp3) is 0.308. The second kappa shape index (κ2) is 10.9. The van der Waals surface area contributed by atoms with E-state index in [1.807, 2.05) is 0 Å². The molecule has 2 amide bonds. The number of benzene rings is 1. The predicted octanol–water partition coefficient (Wildman–Crippen LogP) is -0.607. The van der Waals surface area contributed by atoms with Gasteiger partial charge >= 0.3 is 18.3 Å². The summed E-state index contributed by atoms with van der Waals surface area (Å²) < 4.78 is 18.4. The van der Waals surface area contributed by atoms with Crippen molar-refractivity contribution in [2.45, 2.75) is 18.8 Å². The average molecular weight is 631 g/mol. The first-order chi connectivity index (χ1) is 20.9. The van der Waals surface area contributed by atoms with Gasteiger partial charge in [0.15, 0.2) is 5.69 Å². The Morgan fingerprint density at radius 3 is 2.57 bits per heavy atom. The van der Waals surface area contributed by atoms with E-state index in [9.17, 15) is 40.2 Å². The summed E-state index contributed by atoms with van der Waals surface area (Å²) in [5.74, 6) is -0.379. The van der Waals surface area contributed by atoms with E-state index in [4.69, 9.17) is 14.2 Å². The van der Waals surface area contributed by atoms with Gasteiger partial charge < -0.3 is 49.7 Å². The lowest BCUT2D eigenvalue weighted by Gasteiger charge is -2.31. The van der Waals surface area contributed by atoms with Crippen LogP contribution in [-0.4, -0.2) is 111 Å². The Morgan fingerprint density at radius 2 is 1.95 bits per heavy atom. The molecule has 6 rings (SSSR count). The molecule has 18 heteroatoms. The third kappa shape index (κ3) is 5.24. The van der Waals surface area contributed by atoms with E-state index in [0.717, 1.165) is 0 Å². The molecular weight excluding hydrogens is 604 g/mol. The Bertz CT molecular complexity index is 1720. The number of hydrogen-bond acceptors (Lipinski definition) is 14. The van der Waals surface area contributed by atoms with E-state index in [2.05, 4.69) is 10.2 Å². The summed E-state index contributed by atoms with van der Waals surface area (Å²) in [6.45, 7) is -0.434. The van der Waals surface area contributed by atoms with Crippen LogP contribution < -0.4 is 9.47 Å². The molecule has 0 aliphatic carbocycles. The summed E-state index contributed by atoms with van der Waals surface area (Å²) in [6.07, 6.45) is -5.02. The predicted molar refractivity (Wildman–Crippen MR) is 147 cm³/mol. The lowest BCUT2D eigenvalue weighted by Crippen LogP contribution is -2.54. The van der Waals surface area contributed by atoms with Gasteiger partial charge in [0.1, 0.15) is 24.7 Å². The van der Waals surface area contributed by atoms with Crippen LogP contribution in [0.3, 0.4) is 0 Å². The van der Waals surface area contributed by atoms with Gasteiger partial charge in [0.2, 0.25) is 0 Å². The van der Waals surface area contributed by atoms with Crippen molar-refractivity contribution in [2.75, 3.05) is 33.4 Å². The lowest BCUT2D eigenvalue weighted by molar-refractivity contribution is -0.381. The molecule has 1 saturated heterocycles. The highest BCUT2D eigenvalue weighted by molar-refractivity contribution is 7.08. The molecule has 0 spiro atoms. The van der Waals surface area contributed by atoms with Crippen molar-refractivity contribution in [3.63, 3.8) is 0 Å². The number of methoxy groups -OCH3 is 1. The number of aliphatic hydroxyl groups is 6. The molecule has 2 aliphatic rings. The monoisotopic (exact) mass is 630 g/mol. The van der Waals surface area contributed by atoms with Gasteiger partial charge in [-0.25, -0.2) is 9.48 Å². The molecule has 3 aromatic heterocycles. The smallest absolute Gasteiger partial charge is 0.409 e. The molecule has 4 aromatic rings. The van der Waals surface area contributed by atoms with Crippen molar-refractivity contribution in [3.8, 4) is 39.6 Å². The van der Waals surface area contributed by atoms with Crippen LogP contribution in [0.25, 0.3) is 28.1 Å². The Hall–Kier alpha value is -4.56. The zero-order valence-electron chi connectivity index (χ0n) is 22.9. The van der Waals surface area contributed by atoms with Crippen molar-refractivity contribution in [1.82, 2.24) is 29.4 Å². The molecule has 2 aliphatic heterocycles. The molecule has 5 heterocycles. The molecule has 232 valence electrons. The van der Waals surface area contributed by atoms with Crippen molar-refractivity contribution >= 4 is 23.3 Å². The topological polar surface area (TPSA) is 225 Å². The van der Waals surface area contributed by atoms with Gasteiger partial charge in [0.05, 0.1) is 31.2 Å². The van der Waals surface area contributed by atoms with Gasteiger partial charge in [-0.1, -0.05) is 0 Å². The molecule has 0 saturated carbocycles. The van der Waals surface area contributed by atoms with E-state index in [0.29, 0.717) is 49.2 Å². The van der Waals surface area contributed by atoms with Gasteiger partial charge in [-0.2, -0.15) is 26.2 Å². The van der Waals surface area contributed by atoms with E-state index < -0.39 is 30.7 Å². The second-order valence-corrected chi connectivity index (χ2v) is 10.6. The first kappa shape index (κ1) is 29.5. The van der Waals surface area contributed by atoms with Gasteiger partial charge in [0.25, 0.3) is 5.91 Å². The van der Waals surface area contributed by atoms with Gasteiger partial charge in [0, 0.05) is 53.0 Å². The van der Waals surface area contributed by atoms with Crippen LogP contribution in [0.1, 0.15) is 16.1 Å². The summed E-state index contributed by atoms with van der Waals surface area (Å²) in [4.78, 5) is 27.3. The molecule has 1 aromatic carbocycles. The number of amides is 2. The number of aromatic nitrogens is 4. The minimum absolute atomic E-state index is 0.138. The molecule has 0 unspecified atom stereocenters. The minimum atomic E-state index is -3.59. The normalized spacial score (nSPS) is 14.6. The molecular formula is C26H26N6O11S. The number of carbonyl (C=O) groups excluding carboxylic acids is 2. The van der Waals surface area contributed by atoms with Crippen LogP contribution in [0.5, 0.6) is 11.5 Å². The molecule has 0 atom stereocenters. The van der Waals surface area contributed by atoms with Crippen molar-refractivity contribution in [3.05, 3.63) is 52.6 Å². The number of carbonyl (C=O) groups is 2. The van der Waals surface area contributed by atoms with Crippen LogP contribution in [0, 0.1) is 0 Å². The Balaban J connectivity index is 1.46. The Kier molecular flexibility index (Phi) is 7.28. The maximum atomic E-state index is 13.8. The Morgan fingerprint density at radius 1 is 1.16 bits per heavy atom. The maximum absolute atomic E-state index is 13.8. The highest BCUT2D eigenvalue weighted by Gasteiger charge is 2.40. The van der Waals surface area contributed by atoms with Crippen LogP contribution in [0.2, 0.25) is 0 Å². The standard InChI is InChI=1S/C26H26N6O11S/c1-41-19-9-20-17(8-16(19)14-10-27-31(11-14)26(38,39)40)22-18(12-43-20)21(28-32(22)15-2-7-44-13-15)23(33)30(25(35,36)37)4-3-29-5-6-42-24(29)34/h2,7-11,13,35-40H,3-6,12H2,1H3. The fourth-order valence-electron chi connectivity index (χ4n) is 5.00. The summed E-state index contributed by atoms with van der Waals surface area (Å²) >= 11 is 1.37. The zero-order chi connectivity index (χ0) is 31.4. The fourth-order valence-corrected chi connectivity index (χ4v) is 5.62. The number of nitrogens with zero attached hydrogens (tertiary/aromatic N) is 6. The number of rotatable bonds is 9. The number of hydrogen-bond donors (Lipinski definition) is 6. The van der Waals surface area contributed by atoms with Gasteiger partial charge in [-0.15, -0.1) is 0 Å². The van der Waals surface area contributed by atoms with Gasteiger partial charge in [-0.05, 0) is 17.5 Å². The third-order valence-electron chi connectivity index (χ3n) is 7.11. The van der Waals surface area contributed by atoms with Crippen LogP contribution in [-0.2, 0) is 17.4 Å². The first-order valence-electron chi connectivity index (χ1n) is 13.0. The molecule has 6 N–H and O–H groups in total. The van der Waals surface area contributed by atoms with Crippen molar-refractivity contribution in [1.29, 1.82) is 0 Å². The molecule has 0 bridgehead atoms. The summed E-state index contributed by atoms with van der Waals surface area (Å²) in [7, 11) is 1.42. The van der Waals surface area contributed by atoms with E-state index in [-0.39, 0.29) is 37.6 Å². The molecule has 0 radical (unpaired) electrons. The SMILES string of the molecule is COc1cc2c(cc1-c1cnn(C(O)(O)O)c1)-c1c(c(C(=O)N(CCN3CCOC3=O)C(O)(O)O)nn1-c1ccsc1)CO2. The highest BCUT2D eigenvalue weighted by atomic mass is 32.1. The first-order valence-corrected chi connectivity index (χ1v) is 13.9. The van der Waals surface area contributed by atoms with Crippen molar-refractivity contribution in [2.24, 2.45) is 0 Å². The second-order valence-electron chi connectivity index (χ2n) is 9.84. The van der Waals surface area contributed by atoms with Gasteiger partial charge in [-0.3, -0.25) is 9.69 Å². The van der Waals surface area contributed by atoms with E-state index in [1.165, 1.54) is 40.4 Å². The third-order valence-corrected chi connectivity index (χ3v) is 7.78. The van der Waals surface area contributed by atoms with E-state index >= 15 is 0 Å². The minimum Gasteiger partial charge on any atom is -0.496 e. The maximum Gasteiger partial charge on any atom is 0.409 e. The quantitative estimate of drug-likeness (QED) is 0.127. The van der Waals surface area contributed by atoms with Crippen LogP contribution in [0.15, 0.2) is 41.4 Å². The number of ether oxygens (including phenoxy) is 3.